The fourth-order valence-corrected chi connectivity index (χ4v) is 9.00. The number of para-hydroxylation sites is 2. The molecular formula is C41H24OS. The van der Waals surface area contributed by atoms with Crippen LogP contribution in [0.1, 0.15) is 22.3 Å². The fraction of sp³-hybridized carbons (Fsp3) is 0.0244. The molecule has 1 nitrogen and oxygen atoms in total. The standard InChI is InChI=1S/C41H24OS/c1-2-15-31-29(12-1)40-27(26-22-23-37-30(24-26)28-14-7-10-25-11-8-21-38(43-37)39(25)28)13-9-18-34(40)41(31)32-16-3-5-19-35(32)42-36-20-6-4-17-33(36)41/h1-24H. The molecule has 7 aromatic rings. The highest BCUT2D eigenvalue weighted by Gasteiger charge is 2.51. The van der Waals surface area contributed by atoms with E-state index in [0.717, 1.165) is 11.5 Å². The lowest BCUT2D eigenvalue weighted by Gasteiger charge is -2.39. The number of rotatable bonds is 1. The lowest BCUT2D eigenvalue weighted by atomic mass is 9.66. The Balaban J connectivity index is 1.27. The van der Waals surface area contributed by atoms with E-state index in [9.17, 15) is 0 Å². The maximum Gasteiger partial charge on any atom is 0.132 e. The molecule has 0 saturated carbocycles. The zero-order chi connectivity index (χ0) is 28.1. The molecule has 1 aliphatic carbocycles. The van der Waals surface area contributed by atoms with Crippen LogP contribution in [0.25, 0.3) is 44.2 Å². The minimum Gasteiger partial charge on any atom is -0.457 e. The molecule has 0 bridgehead atoms. The minimum atomic E-state index is -0.456. The van der Waals surface area contributed by atoms with Crippen LogP contribution in [0.3, 0.4) is 0 Å². The van der Waals surface area contributed by atoms with Crippen molar-refractivity contribution in [1.29, 1.82) is 0 Å². The monoisotopic (exact) mass is 564 g/mol. The third kappa shape index (κ3) is 2.99. The molecule has 3 aliphatic rings. The molecule has 0 fully saturated rings. The minimum absolute atomic E-state index is 0.456. The molecule has 0 radical (unpaired) electrons. The Morgan fingerprint density at radius 3 is 1.88 bits per heavy atom. The largest absolute Gasteiger partial charge is 0.457 e. The number of benzene rings is 7. The van der Waals surface area contributed by atoms with Gasteiger partial charge in [0.1, 0.15) is 11.5 Å². The molecule has 2 aliphatic heterocycles. The molecule has 10 rings (SSSR count). The first-order valence-electron chi connectivity index (χ1n) is 14.8. The second kappa shape index (κ2) is 8.50. The van der Waals surface area contributed by atoms with Crippen LogP contribution in [-0.2, 0) is 5.41 Å². The molecule has 0 amide bonds. The predicted octanol–water partition coefficient (Wildman–Crippen LogP) is 11.1. The van der Waals surface area contributed by atoms with Gasteiger partial charge in [0.2, 0.25) is 0 Å². The van der Waals surface area contributed by atoms with Gasteiger partial charge in [0.05, 0.1) is 5.41 Å². The van der Waals surface area contributed by atoms with Gasteiger partial charge in [-0.2, -0.15) is 0 Å². The summed E-state index contributed by atoms with van der Waals surface area (Å²) in [5, 5.41) is 2.66. The number of hydrogen-bond acceptors (Lipinski definition) is 2. The van der Waals surface area contributed by atoms with Crippen molar-refractivity contribution in [1.82, 2.24) is 0 Å². The highest BCUT2D eigenvalue weighted by atomic mass is 32.2. The summed E-state index contributed by atoms with van der Waals surface area (Å²) in [6.07, 6.45) is 0. The maximum absolute atomic E-state index is 6.53. The second-order valence-corrected chi connectivity index (χ2v) is 12.7. The van der Waals surface area contributed by atoms with Crippen molar-refractivity contribution < 1.29 is 4.74 Å². The molecule has 0 aromatic heterocycles. The number of hydrogen-bond donors (Lipinski definition) is 0. The Hall–Kier alpha value is -5.05. The Morgan fingerprint density at radius 2 is 1.07 bits per heavy atom. The lowest BCUT2D eigenvalue weighted by Crippen LogP contribution is -2.32. The van der Waals surface area contributed by atoms with Gasteiger partial charge in [-0.3, -0.25) is 0 Å². The van der Waals surface area contributed by atoms with Crippen molar-refractivity contribution >= 4 is 22.5 Å². The number of ether oxygens (including phenoxy) is 1. The van der Waals surface area contributed by atoms with Crippen LogP contribution in [0.2, 0.25) is 0 Å². The van der Waals surface area contributed by atoms with Gasteiger partial charge in [0.25, 0.3) is 0 Å². The van der Waals surface area contributed by atoms with Gasteiger partial charge in [0.15, 0.2) is 0 Å². The Kier molecular flexibility index (Phi) is 4.65. The smallest absolute Gasteiger partial charge is 0.132 e. The molecule has 2 heteroatoms. The second-order valence-electron chi connectivity index (χ2n) is 11.6. The van der Waals surface area contributed by atoms with E-state index in [1.165, 1.54) is 76.2 Å². The van der Waals surface area contributed by atoms with Crippen LogP contribution < -0.4 is 4.74 Å². The summed E-state index contributed by atoms with van der Waals surface area (Å²) < 4.78 is 6.53. The molecule has 43 heavy (non-hydrogen) atoms. The SMILES string of the molecule is c1ccc2c(c1)Oc1ccccc1C21c2ccccc2-c2c(-c3ccc4c(c3)-c3cccc5cccc(c35)S4)cccc21. The van der Waals surface area contributed by atoms with Gasteiger partial charge < -0.3 is 4.74 Å². The van der Waals surface area contributed by atoms with Gasteiger partial charge in [-0.05, 0) is 80.2 Å². The summed E-state index contributed by atoms with van der Waals surface area (Å²) in [6, 6.07) is 53.4. The first kappa shape index (κ1) is 23.5. The first-order valence-corrected chi connectivity index (χ1v) is 15.6. The van der Waals surface area contributed by atoms with Gasteiger partial charge in [-0.25, -0.2) is 0 Å². The van der Waals surface area contributed by atoms with E-state index >= 15 is 0 Å². The van der Waals surface area contributed by atoms with Crippen LogP contribution >= 0.6 is 11.8 Å². The summed E-state index contributed by atoms with van der Waals surface area (Å²) in [4.78, 5) is 2.65. The summed E-state index contributed by atoms with van der Waals surface area (Å²) in [5.41, 5.74) is 12.3. The van der Waals surface area contributed by atoms with Gasteiger partial charge in [0, 0.05) is 26.3 Å². The summed E-state index contributed by atoms with van der Waals surface area (Å²) >= 11 is 1.88. The van der Waals surface area contributed by atoms with Crippen molar-refractivity contribution in [3.05, 3.63) is 168 Å². The van der Waals surface area contributed by atoms with Crippen LogP contribution in [-0.4, -0.2) is 0 Å². The van der Waals surface area contributed by atoms with Crippen molar-refractivity contribution in [2.45, 2.75) is 15.2 Å². The highest BCUT2D eigenvalue weighted by Crippen LogP contribution is 2.63. The van der Waals surface area contributed by atoms with Crippen molar-refractivity contribution in [2.24, 2.45) is 0 Å². The molecule has 0 unspecified atom stereocenters. The first-order chi connectivity index (χ1) is 21.3. The summed E-state index contributed by atoms with van der Waals surface area (Å²) in [6.45, 7) is 0. The average molecular weight is 565 g/mol. The van der Waals surface area contributed by atoms with Crippen molar-refractivity contribution in [2.75, 3.05) is 0 Å². The molecule has 7 aromatic carbocycles. The van der Waals surface area contributed by atoms with E-state index in [0.29, 0.717) is 0 Å². The zero-order valence-corrected chi connectivity index (χ0v) is 24.0. The van der Waals surface area contributed by atoms with E-state index < -0.39 is 5.41 Å². The predicted molar refractivity (Wildman–Crippen MR) is 176 cm³/mol. The average Bonchev–Trinajstić information content (AvgIpc) is 3.36. The maximum atomic E-state index is 6.53. The molecule has 0 atom stereocenters. The van der Waals surface area contributed by atoms with E-state index in [1.54, 1.807) is 0 Å². The molecule has 1 spiro atoms. The van der Waals surface area contributed by atoms with Crippen LogP contribution in [0.15, 0.2) is 155 Å². The van der Waals surface area contributed by atoms with Crippen LogP contribution in [0, 0.1) is 0 Å². The normalized spacial score (nSPS) is 14.3. The zero-order valence-electron chi connectivity index (χ0n) is 23.2. The van der Waals surface area contributed by atoms with Gasteiger partial charge in [-0.15, -0.1) is 0 Å². The molecule has 0 saturated heterocycles. The van der Waals surface area contributed by atoms with E-state index in [1.807, 2.05) is 11.8 Å². The molecule has 2 heterocycles. The number of fused-ring (bicyclic) bond motifs is 11. The Bertz CT molecular complexity index is 2260. The van der Waals surface area contributed by atoms with Crippen molar-refractivity contribution in [3.63, 3.8) is 0 Å². The third-order valence-corrected chi connectivity index (χ3v) is 10.7. The van der Waals surface area contributed by atoms with Crippen LogP contribution in [0.5, 0.6) is 11.5 Å². The molecule has 200 valence electrons. The quantitative estimate of drug-likeness (QED) is 0.196. The lowest BCUT2D eigenvalue weighted by molar-refractivity contribution is 0.436. The molecule has 0 N–H and O–H groups in total. The topological polar surface area (TPSA) is 9.23 Å². The molecular weight excluding hydrogens is 541 g/mol. The van der Waals surface area contributed by atoms with E-state index in [4.69, 9.17) is 4.74 Å². The van der Waals surface area contributed by atoms with Crippen molar-refractivity contribution in [3.8, 4) is 44.9 Å². The Morgan fingerprint density at radius 1 is 0.442 bits per heavy atom. The van der Waals surface area contributed by atoms with Gasteiger partial charge >= 0.3 is 0 Å². The highest BCUT2D eigenvalue weighted by molar-refractivity contribution is 7.99. The fourth-order valence-electron chi connectivity index (χ4n) is 7.88. The summed E-state index contributed by atoms with van der Waals surface area (Å²) in [5.74, 6) is 1.85. The Labute approximate surface area is 254 Å². The van der Waals surface area contributed by atoms with Gasteiger partial charge in [-0.1, -0.05) is 127 Å². The third-order valence-electron chi connectivity index (χ3n) is 9.54. The van der Waals surface area contributed by atoms with E-state index in [2.05, 4.69) is 146 Å². The van der Waals surface area contributed by atoms with E-state index in [-0.39, 0.29) is 0 Å². The van der Waals surface area contributed by atoms with Crippen LogP contribution in [0.4, 0.5) is 0 Å². The summed E-state index contributed by atoms with van der Waals surface area (Å²) in [7, 11) is 0.